The van der Waals surface area contributed by atoms with Gasteiger partial charge in [0.2, 0.25) is 11.6 Å². The number of aromatic carboxylic acids is 1. The van der Waals surface area contributed by atoms with Crippen molar-refractivity contribution in [1.82, 2.24) is 56.4 Å². The highest BCUT2D eigenvalue weighted by atomic mass is 35.5. The molecule has 9 aromatic carbocycles. The number of aliphatic hydroxyl groups excluding tert-OH is 1. The summed E-state index contributed by atoms with van der Waals surface area (Å²) >= 11 is 6.80. The number of methoxy groups -OCH3 is 3. The second kappa shape index (κ2) is 74.5. The number of H-pyrrole nitrogens is 3. The molecule has 0 radical (unpaired) electrons. The number of aromatic amines is 3. The second-order valence-electron chi connectivity index (χ2n) is 25.7. The van der Waals surface area contributed by atoms with Crippen LogP contribution in [0, 0.1) is 34.0 Å². The van der Waals surface area contributed by atoms with E-state index in [4.69, 9.17) is 63.4 Å². The number of nitrogens with one attached hydrogen (secondary N) is 4. The molecule has 0 saturated heterocycles. The smallest absolute Gasteiger partial charge is 0.477 e. The molecule has 40 nitrogen and oxygen atoms in total. The fourth-order valence-corrected chi connectivity index (χ4v) is 10.9. The average molecular weight is 1990 g/mol. The van der Waals surface area contributed by atoms with E-state index in [0.29, 0.717) is 67.5 Å². The molecule has 0 saturated carbocycles. The molecule has 742 valence electrons. The van der Waals surface area contributed by atoms with E-state index >= 15 is 0 Å². The molecule has 5 aromatic heterocycles. The summed E-state index contributed by atoms with van der Waals surface area (Å²) in [5, 5.41) is 109. The molecule has 0 aliphatic heterocycles. The third kappa shape index (κ3) is 45.0. The number of Topliss-reactive ketones (excluding diaryl/α,β-unsaturated/α-hetero) is 3. The summed E-state index contributed by atoms with van der Waals surface area (Å²) in [4.78, 5) is 134. The number of aromatic nitrogens is 10. The maximum Gasteiger partial charge on any atom is 0.488 e. The zero-order valence-corrected chi connectivity index (χ0v) is 77.9. The number of hydrazone groups is 1. The monoisotopic (exact) mass is 1990 g/mol. The molecule has 14 rings (SSSR count). The molecule has 0 aliphatic rings. The molecular weight excluding hydrogens is 1890 g/mol. The minimum absolute atomic E-state index is 0. The number of hydrogen-bond acceptors (Lipinski definition) is 35. The van der Waals surface area contributed by atoms with Crippen molar-refractivity contribution in [3.05, 3.63) is 379 Å². The van der Waals surface area contributed by atoms with Crippen molar-refractivity contribution < 1.29 is 103 Å². The zero-order chi connectivity index (χ0) is 103. The summed E-state index contributed by atoms with van der Waals surface area (Å²) in [7, 11) is 2.56. The van der Waals surface area contributed by atoms with Crippen LogP contribution in [0.25, 0.3) is 66.9 Å². The maximum absolute atomic E-state index is 12.3. The van der Waals surface area contributed by atoms with Crippen LogP contribution in [-0.4, -0.2) is 189 Å². The van der Waals surface area contributed by atoms with Crippen LogP contribution in [0.1, 0.15) is 116 Å². The van der Waals surface area contributed by atoms with Crippen LogP contribution in [0.3, 0.4) is 0 Å². The lowest BCUT2D eigenvalue weighted by Gasteiger charge is -2.11. The number of ether oxygens (including phenoxy) is 3. The highest BCUT2D eigenvalue weighted by Gasteiger charge is 2.24. The SMILES string of the molecule is C.C.CC.CCO.COC(=O)c1c(-c2ccccc2)cn[nH]c1=O.COC(=O)c1c(-c2ccccc2)cnnc1-c1ccccc1.COC(=O)c1c(-c2ccccc2)cnnc1Cl.CSOOOO.N#CCC(=O)CN.N#CCC(=O)N/N=C/C(=O)c1ccccc1.N#Cc1c(-c2ccccc2)cn[nH]c1=O.O.O=C(O)c1c(-c2ccccc2)cn[nH]c1=O.O=CC(=O)c1ccccc1.OB(O)c1ccccc1. The van der Waals surface area contributed by atoms with Gasteiger partial charge in [-0.1, -0.05) is 313 Å². The van der Waals surface area contributed by atoms with Crippen LogP contribution < -0.4 is 33.3 Å². The van der Waals surface area contributed by atoms with Crippen LogP contribution >= 0.6 is 23.6 Å². The Labute approximate surface area is 830 Å². The van der Waals surface area contributed by atoms with E-state index in [2.05, 4.69) is 85.4 Å². The number of halogens is 1. The lowest BCUT2D eigenvalue weighted by molar-refractivity contribution is -0.591. The number of aldehydes is 1. The minimum atomic E-state index is -1.34. The largest absolute Gasteiger partial charge is 0.488 e. The summed E-state index contributed by atoms with van der Waals surface area (Å²) in [6.45, 7) is 5.91. The van der Waals surface area contributed by atoms with E-state index < -0.39 is 59.4 Å². The zero-order valence-electron chi connectivity index (χ0n) is 76.3. The summed E-state index contributed by atoms with van der Waals surface area (Å²) in [5.74, 6) is -4.41. The fourth-order valence-electron chi connectivity index (χ4n) is 10.6. The van der Waals surface area contributed by atoms with Crippen LogP contribution in [0.4, 0.5) is 0 Å². The Morgan fingerprint density at radius 3 is 1.18 bits per heavy atom. The topological polar surface area (TPSA) is 652 Å². The van der Waals surface area contributed by atoms with Gasteiger partial charge in [-0.05, 0) is 50.3 Å². The summed E-state index contributed by atoms with van der Waals surface area (Å²) in [6.07, 6.45) is 9.92. The summed E-state index contributed by atoms with van der Waals surface area (Å²) in [5.41, 5.74) is 15.0. The Bertz CT molecular complexity index is 6470. The van der Waals surface area contributed by atoms with Gasteiger partial charge in [0.05, 0.1) is 89.2 Å². The van der Waals surface area contributed by atoms with E-state index in [1.165, 1.54) is 46.1 Å². The van der Waals surface area contributed by atoms with Crippen molar-refractivity contribution >= 4 is 95.9 Å². The predicted molar refractivity (Wildman–Crippen MR) is 538 cm³/mol. The first-order chi connectivity index (χ1) is 67.8. The van der Waals surface area contributed by atoms with Crippen molar-refractivity contribution in [3.8, 4) is 85.1 Å². The number of ketones is 3. The quantitative estimate of drug-likeness (QED) is 0.00257. The van der Waals surface area contributed by atoms with Crippen molar-refractivity contribution in [1.29, 1.82) is 15.8 Å². The Morgan fingerprint density at radius 1 is 0.497 bits per heavy atom. The molecule has 143 heavy (non-hydrogen) atoms. The van der Waals surface area contributed by atoms with Crippen molar-refractivity contribution in [3.63, 3.8) is 0 Å². The molecule has 5 heterocycles. The van der Waals surface area contributed by atoms with Gasteiger partial charge in [0, 0.05) is 69.4 Å². The molecule has 1 amide bonds. The predicted octanol–water partition coefficient (Wildman–Crippen LogP) is 12.7. The van der Waals surface area contributed by atoms with Gasteiger partial charge >= 0.3 is 31.0 Å². The average Bonchev–Trinajstić information content (AvgIpc) is 0.783. The van der Waals surface area contributed by atoms with Crippen molar-refractivity contribution in [2.24, 2.45) is 10.8 Å². The molecule has 0 spiro atoms. The van der Waals surface area contributed by atoms with Crippen molar-refractivity contribution in [2.45, 2.75) is 48.5 Å². The number of carbonyl (C=O) groups is 9. The Balaban J connectivity index is 0.00000158. The number of carbonyl (C=O) groups excluding carboxylic acids is 8. The van der Waals surface area contributed by atoms with E-state index in [-0.39, 0.29) is 85.3 Å². The highest BCUT2D eigenvalue weighted by Crippen LogP contribution is 2.32. The van der Waals surface area contributed by atoms with Crippen molar-refractivity contribution in [2.75, 3.05) is 40.7 Å². The molecule has 0 unspecified atom stereocenters. The number of carboxylic acid groups (broad SMARTS) is 1. The Kier molecular flexibility index (Phi) is 65.2. The fraction of sp³-hybridized carbons (Fsp3) is 0.130. The molecule has 0 fully saturated rings. The third-order valence-corrected chi connectivity index (χ3v) is 17.2. The number of nitrogens with zero attached hydrogens (tertiary/aromatic N) is 11. The standard InChI is InChI=1S/C18H14N2O2.C12H9ClN2O2.C12H10N2O3.C11H9N3O2.C11H7N3O.C11H8N2O3.C8H6O2.C6H7BO2.C4H6N2O.C2H6O.C2H6.CH4O4S.2CH4.H2O/c1-22-18(21)16-15(13-8-4-2-5-9-13)12-19-20-17(16)14-10-6-3-7-11-14;1-17-12(16)10-9(7-14-15-11(10)13)8-5-3-2-4-6-8;1-17-12(16)10-9(7-13-14-11(10)15)8-5-3-2-4-6-8;12-7-6-11(16)14-13-8-10(15)9-4-2-1-3-5-9;12-6-9-10(7-13-14-11(9)15)8-4-2-1-3-5-8;14-10-9(11(15)16)8(6-12-13-10)7-4-2-1-3-5-7;9-6-8(10)7-4-2-1-3-5-7;8-7(9)6-4-2-1-3-5-6;5-2-1-4(7)3-6;1-2-3;1-2;1-6-5-4-3-2;;;/h2-12H,1H3;2-7H,1H3;2-7H,1H3,(H,14,15);1-5,8H,6H2,(H,14,16);1-5,7H,(H,14,15);1-6H,(H,13,14)(H,15,16);1-6H;1-5,8-9H;1,3,6H2;3H,2H2,1H3;1-2H3;2H,1H3;2*1H4;1H2/b;;;13-8+;;;;;;;;;;;. The molecule has 0 atom stereocenters. The second-order valence-corrected chi connectivity index (χ2v) is 26.5. The molecular formula is C100H102BClN16O24S. The van der Waals surface area contributed by atoms with Crippen LogP contribution in [0.2, 0.25) is 5.15 Å². The van der Waals surface area contributed by atoms with E-state index in [0.717, 1.165) is 46.1 Å². The normalized spacial score (nSPS) is 9.24. The molecule has 13 N–H and O–H groups in total. The third-order valence-electron chi connectivity index (χ3n) is 16.8. The Hall–Kier alpha value is -17.7. The van der Waals surface area contributed by atoms with Crippen LogP contribution in [0.15, 0.2) is 323 Å². The van der Waals surface area contributed by atoms with Gasteiger partial charge in [0.25, 0.3) is 22.6 Å². The number of hydrogen-bond donors (Lipinski definition) is 10. The number of nitrogens with two attached hydrogens (primary N) is 1. The first-order valence-corrected chi connectivity index (χ1v) is 42.3. The number of benzene rings is 9. The van der Waals surface area contributed by atoms with Gasteiger partial charge in [-0.2, -0.15) is 46.4 Å². The number of aliphatic hydroxyl groups is 1. The van der Waals surface area contributed by atoms with Crippen LogP contribution in [0.5, 0.6) is 0 Å². The minimum Gasteiger partial charge on any atom is -0.477 e. The van der Waals surface area contributed by atoms with Gasteiger partial charge in [0.15, 0.2) is 17.2 Å². The maximum atomic E-state index is 12.3. The lowest BCUT2D eigenvalue weighted by Crippen LogP contribution is -2.29. The first-order valence-electron chi connectivity index (χ1n) is 40.8. The van der Waals surface area contributed by atoms with E-state index in [1.807, 2.05) is 172 Å². The van der Waals surface area contributed by atoms with E-state index in [9.17, 15) is 57.5 Å². The van der Waals surface area contributed by atoms with Gasteiger partial charge in [0.1, 0.15) is 40.4 Å². The number of carboxylic acids is 1. The summed E-state index contributed by atoms with van der Waals surface area (Å²) in [6, 6.07) is 86.4. The molecule has 0 bridgehead atoms. The lowest BCUT2D eigenvalue weighted by atomic mass is 9.81. The molecule has 0 aliphatic carbocycles. The van der Waals surface area contributed by atoms with E-state index in [1.54, 1.807) is 153 Å². The van der Waals surface area contributed by atoms with Gasteiger partial charge in [-0.25, -0.2) is 45.2 Å². The number of esters is 3. The highest BCUT2D eigenvalue weighted by molar-refractivity contribution is 7.93. The number of rotatable bonds is 22. The van der Waals surface area contributed by atoms with Crippen LogP contribution in [-0.2, 0) is 43.0 Å². The molecule has 43 heteroatoms. The Morgan fingerprint density at radius 2 is 0.832 bits per heavy atom. The first kappa shape index (κ1) is 125. The van der Waals surface area contributed by atoms with Gasteiger partial charge in [-0.15, -0.1) is 14.5 Å². The van der Waals surface area contributed by atoms with Gasteiger partial charge < -0.3 is 45.7 Å². The molecule has 14 aromatic rings. The summed E-state index contributed by atoms with van der Waals surface area (Å²) < 4.78 is 18.2. The van der Waals surface area contributed by atoms with Gasteiger partial charge in [-0.3, -0.25) is 38.4 Å². The number of amides is 1. The number of nitriles is 3.